The Labute approximate surface area is 136 Å². The first kappa shape index (κ1) is 17.0. The second kappa shape index (κ2) is 6.00. The quantitative estimate of drug-likeness (QED) is 0.852. The minimum absolute atomic E-state index is 0.139. The molecule has 1 aromatic carbocycles. The molecule has 1 atom stereocenters. The average Bonchev–Trinajstić information content (AvgIpc) is 2.66. The van der Waals surface area contributed by atoms with E-state index in [1.54, 1.807) is 0 Å². The molecule has 0 saturated heterocycles. The Bertz CT molecular complexity index is 745. The van der Waals surface area contributed by atoms with Gasteiger partial charge in [-0.1, -0.05) is 11.6 Å². The second-order valence-electron chi connectivity index (χ2n) is 5.02. The molecule has 0 bridgehead atoms. The van der Waals surface area contributed by atoms with Crippen LogP contribution in [0.25, 0.3) is 0 Å². The van der Waals surface area contributed by atoms with Gasteiger partial charge in [0.2, 0.25) is 23.2 Å². The summed E-state index contributed by atoms with van der Waals surface area (Å²) in [5, 5.41) is 2.45. The van der Waals surface area contributed by atoms with Gasteiger partial charge < -0.3 is 9.47 Å². The third-order valence-electron chi connectivity index (χ3n) is 3.13. The number of hydrogen-bond acceptors (Lipinski definition) is 5. The summed E-state index contributed by atoms with van der Waals surface area (Å²) in [7, 11) is 0. The molecule has 1 aliphatic heterocycles. The van der Waals surface area contributed by atoms with E-state index in [1.807, 2.05) is 0 Å². The number of rotatable bonds is 3. The van der Waals surface area contributed by atoms with Gasteiger partial charge in [-0.25, -0.2) is 4.39 Å². The molecule has 0 aromatic heterocycles. The minimum Gasteiger partial charge on any atom is -0.456 e. The van der Waals surface area contributed by atoms with Crippen molar-refractivity contribution in [3.63, 3.8) is 0 Å². The van der Waals surface area contributed by atoms with Crippen LogP contribution in [0, 0.1) is 5.82 Å². The number of halogens is 2. The molecule has 23 heavy (non-hydrogen) atoms. The number of Topliss-reactive ketones (excluding diaryl/α,β-unsaturated/α-hetero) is 1. The highest BCUT2D eigenvalue weighted by Gasteiger charge is 2.51. The molecular weight excluding hydrogens is 329 g/mol. The van der Waals surface area contributed by atoms with Gasteiger partial charge in [0, 0.05) is 24.4 Å². The Hall–Kier alpha value is -2.41. The van der Waals surface area contributed by atoms with Crippen molar-refractivity contribution in [2.45, 2.75) is 26.4 Å². The van der Waals surface area contributed by atoms with E-state index in [9.17, 15) is 18.8 Å². The lowest BCUT2D eigenvalue weighted by atomic mass is 9.91. The summed E-state index contributed by atoms with van der Waals surface area (Å²) < 4.78 is 24.4. The van der Waals surface area contributed by atoms with Crippen molar-refractivity contribution in [3.8, 4) is 0 Å². The van der Waals surface area contributed by atoms with Gasteiger partial charge >= 0.3 is 5.97 Å². The molecule has 2 rings (SSSR count). The molecule has 1 unspecified atom stereocenters. The van der Waals surface area contributed by atoms with Gasteiger partial charge in [-0.3, -0.25) is 19.7 Å². The third-order valence-corrected chi connectivity index (χ3v) is 3.36. The molecule has 122 valence electrons. The molecule has 0 aliphatic carbocycles. The predicted octanol–water partition coefficient (Wildman–Crippen LogP) is 2.16. The number of benzene rings is 1. The van der Waals surface area contributed by atoms with E-state index in [1.165, 1.54) is 26.0 Å². The third kappa shape index (κ3) is 3.19. The number of nitrogens with one attached hydrogen (secondary N) is 1. The maximum Gasteiger partial charge on any atom is 0.308 e. The SMILES string of the molecule is CC(=O)NC1=C(OC(C)=O)C(=O)C(C)(c2cc(Cl)ccc2F)O1. The molecule has 1 aliphatic rings. The first-order valence-corrected chi connectivity index (χ1v) is 6.92. The maximum atomic E-state index is 14.1. The normalized spacial score (nSPS) is 20.3. The number of hydrogen-bond donors (Lipinski definition) is 1. The Morgan fingerprint density at radius 2 is 2.00 bits per heavy atom. The van der Waals surface area contributed by atoms with Crippen molar-refractivity contribution in [3.05, 3.63) is 46.2 Å². The van der Waals surface area contributed by atoms with Gasteiger partial charge in [-0.2, -0.15) is 0 Å². The van der Waals surface area contributed by atoms with E-state index >= 15 is 0 Å². The lowest BCUT2D eigenvalue weighted by molar-refractivity contribution is -0.142. The van der Waals surface area contributed by atoms with Crippen molar-refractivity contribution < 1.29 is 28.2 Å². The van der Waals surface area contributed by atoms with Gasteiger partial charge in [0.1, 0.15) is 5.82 Å². The van der Waals surface area contributed by atoms with Gasteiger partial charge in [0.25, 0.3) is 5.78 Å². The molecule has 0 fully saturated rings. The zero-order chi connectivity index (χ0) is 17.4. The van der Waals surface area contributed by atoms with Crippen LogP contribution in [-0.4, -0.2) is 17.7 Å². The fourth-order valence-corrected chi connectivity index (χ4v) is 2.31. The van der Waals surface area contributed by atoms with Crippen LogP contribution < -0.4 is 5.32 Å². The lowest BCUT2D eigenvalue weighted by Crippen LogP contribution is -2.33. The summed E-state index contributed by atoms with van der Waals surface area (Å²) in [5.74, 6) is -3.70. The smallest absolute Gasteiger partial charge is 0.308 e. The molecule has 1 aromatic rings. The maximum absolute atomic E-state index is 14.1. The molecule has 0 spiro atoms. The van der Waals surface area contributed by atoms with Crippen LogP contribution in [0.4, 0.5) is 4.39 Å². The number of amides is 1. The molecule has 1 N–H and O–H groups in total. The predicted molar refractivity (Wildman–Crippen MR) is 77.5 cm³/mol. The van der Waals surface area contributed by atoms with Crippen molar-refractivity contribution >= 4 is 29.3 Å². The molecule has 1 heterocycles. The largest absolute Gasteiger partial charge is 0.456 e. The van der Waals surface area contributed by atoms with E-state index in [2.05, 4.69) is 5.32 Å². The highest BCUT2D eigenvalue weighted by molar-refractivity contribution is 6.30. The molecule has 1 amide bonds. The standard InChI is InChI=1S/C15H13ClFNO5/c1-7(19)18-14-12(22-8(2)20)13(21)15(3,23-14)10-6-9(16)4-5-11(10)17/h4-6H,1-3H3,(H,18,19). The molecule has 0 saturated carbocycles. The first-order chi connectivity index (χ1) is 10.6. The zero-order valence-electron chi connectivity index (χ0n) is 12.5. The molecule has 0 radical (unpaired) electrons. The van der Waals surface area contributed by atoms with Gasteiger partial charge in [-0.05, 0) is 25.1 Å². The van der Waals surface area contributed by atoms with Crippen LogP contribution in [0.3, 0.4) is 0 Å². The van der Waals surface area contributed by atoms with Gasteiger partial charge in [-0.15, -0.1) is 0 Å². The van der Waals surface area contributed by atoms with E-state index < -0.39 is 34.8 Å². The van der Waals surface area contributed by atoms with E-state index in [-0.39, 0.29) is 16.5 Å². The fraction of sp³-hybridized carbons (Fsp3) is 0.267. The lowest BCUT2D eigenvalue weighted by Gasteiger charge is -2.24. The summed E-state index contributed by atoms with van der Waals surface area (Å²) in [4.78, 5) is 35.0. The van der Waals surface area contributed by atoms with Crippen molar-refractivity contribution in [2.24, 2.45) is 0 Å². The van der Waals surface area contributed by atoms with Crippen LogP contribution in [-0.2, 0) is 29.5 Å². The Kier molecular flexibility index (Phi) is 4.42. The number of ketones is 1. The molecule has 8 heteroatoms. The number of carbonyl (C=O) groups excluding carboxylic acids is 3. The Balaban J connectivity index is 2.51. The zero-order valence-corrected chi connectivity index (χ0v) is 13.3. The van der Waals surface area contributed by atoms with E-state index in [0.717, 1.165) is 13.0 Å². The van der Waals surface area contributed by atoms with Gasteiger partial charge in [0.05, 0.1) is 0 Å². The molecule has 6 nitrogen and oxygen atoms in total. The monoisotopic (exact) mass is 341 g/mol. The number of carbonyl (C=O) groups is 3. The topological polar surface area (TPSA) is 81.7 Å². The Morgan fingerprint density at radius 3 is 2.57 bits per heavy atom. The van der Waals surface area contributed by atoms with E-state index in [4.69, 9.17) is 21.1 Å². The van der Waals surface area contributed by atoms with Crippen LogP contribution in [0.1, 0.15) is 26.3 Å². The summed E-state index contributed by atoms with van der Waals surface area (Å²) in [6, 6.07) is 3.64. The second-order valence-corrected chi connectivity index (χ2v) is 5.46. The highest BCUT2D eigenvalue weighted by Crippen LogP contribution is 2.40. The van der Waals surface area contributed by atoms with Crippen LogP contribution in [0.2, 0.25) is 5.02 Å². The van der Waals surface area contributed by atoms with E-state index in [0.29, 0.717) is 0 Å². The number of ether oxygens (including phenoxy) is 2. The number of esters is 1. The van der Waals surface area contributed by atoms with Crippen molar-refractivity contribution in [1.82, 2.24) is 5.32 Å². The van der Waals surface area contributed by atoms with Crippen molar-refractivity contribution in [2.75, 3.05) is 0 Å². The first-order valence-electron chi connectivity index (χ1n) is 6.54. The average molecular weight is 342 g/mol. The Morgan fingerprint density at radius 1 is 1.35 bits per heavy atom. The summed E-state index contributed by atoms with van der Waals surface area (Å²) in [6.45, 7) is 3.56. The molecular formula is C15H13ClFNO5. The highest BCUT2D eigenvalue weighted by atomic mass is 35.5. The fourth-order valence-electron chi connectivity index (χ4n) is 2.14. The van der Waals surface area contributed by atoms with Crippen LogP contribution in [0.15, 0.2) is 29.8 Å². The van der Waals surface area contributed by atoms with Crippen LogP contribution >= 0.6 is 11.6 Å². The van der Waals surface area contributed by atoms with Crippen LogP contribution in [0.5, 0.6) is 0 Å². The van der Waals surface area contributed by atoms with Crippen molar-refractivity contribution in [1.29, 1.82) is 0 Å². The summed E-state index contributed by atoms with van der Waals surface area (Å²) in [6.07, 6.45) is 0. The minimum atomic E-state index is -1.82. The summed E-state index contributed by atoms with van der Waals surface area (Å²) >= 11 is 5.84. The summed E-state index contributed by atoms with van der Waals surface area (Å²) in [5.41, 5.74) is -1.96. The van der Waals surface area contributed by atoms with Gasteiger partial charge in [0.15, 0.2) is 0 Å².